The maximum Gasteiger partial charge on any atom is 0.348 e. The predicted octanol–water partition coefficient (Wildman–Crippen LogP) is 6.41. The molecular formula is C33H38FN2P+2. The van der Waals surface area contributed by atoms with Crippen LogP contribution in [-0.4, -0.2) is 19.0 Å². The van der Waals surface area contributed by atoms with Gasteiger partial charge in [-0.3, -0.25) is 4.90 Å². The van der Waals surface area contributed by atoms with Crippen molar-refractivity contribution in [1.29, 1.82) is 0 Å². The summed E-state index contributed by atoms with van der Waals surface area (Å²) in [5, 5.41) is 1.61. The second kappa shape index (κ2) is 10.0. The van der Waals surface area contributed by atoms with Gasteiger partial charge in [-0.15, -0.1) is 0 Å². The summed E-state index contributed by atoms with van der Waals surface area (Å²) in [6, 6.07) is 28.9. The largest absolute Gasteiger partial charge is 0.348 e. The molecule has 1 fully saturated rings. The summed E-state index contributed by atoms with van der Waals surface area (Å²) in [7, 11) is -3.38. The molecule has 37 heavy (non-hydrogen) atoms. The van der Waals surface area contributed by atoms with Crippen LogP contribution in [0.25, 0.3) is 0 Å². The summed E-state index contributed by atoms with van der Waals surface area (Å²) in [6.07, 6.45) is 0. The van der Waals surface area contributed by atoms with Crippen LogP contribution in [0.2, 0.25) is 0 Å². The highest BCUT2D eigenvalue weighted by atomic mass is 31.2. The Morgan fingerprint density at radius 2 is 1.11 bits per heavy atom. The Morgan fingerprint density at radius 3 is 1.57 bits per heavy atom. The zero-order valence-corrected chi connectivity index (χ0v) is 23.7. The first-order valence-corrected chi connectivity index (χ1v) is 14.9. The number of nitrogens with one attached hydrogen (secondary N) is 1. The van der Waals surface area contributed by atoms with Crippen molar-refractivity contribution in [2.75, 3.05) is 18.0 Å². The standard InChI is InChI=1S/C33H37FN2P/c1-23-19-25(3)31(26(4)20-23)35-17-18-36(32-27(5)21-24(2)22-28(32)6)33(35)37(34,29-13-9-7-10-14-29)30-15-11-8-12-16-30/h7-16,19-22,33H,17-18H2,1-6H3/q+1/p+1. The van der Waals surface area contributed by atoms with Gasteiger partial charge in [0.25, 0.3) is 0 Å². The Morgan fingerprint density at radius 1 is 0.676 bits per heavy atom. The molecule has 5 rings (SSSR count). The Kier molecular flexibility index (Phi) is 6.96. The maximum atomic E-state index is 18.6. The van der Waals surface area contributed by atoms with Gasteiger partial charge in [-0.25, -0.2) is 4.90 Å². The van der Waals surface area contributed by atoms with E-state index in [2.05, 4.69) is 70.7 Å². The molecule has 2 unspecified atom stereocenters. The molecule has 0 saturated carbocycles. The third kappa shape index (κ3) is 4.49. The van der Waals surface area contributed by atoms with Crippen LogP contribution in [0.3, 0.4) is 0 Å². The zero-order chi connectivity index (χ0) is 26.3. The van der Waals surface area contributed by atoms with Gasteiger partial charge in [0.2, 0.25) is 0 Å². The lowest BCUT2D eigenvalue weighted by molar-refractivity contribution is -0.830. The van der Waals surface area contributed by atoms with Crippen LogP contribution in [0.1, 0.15) is 33.4 Å². The van der Waals surface area contributed by atoms with Crippen molar-refractivity contribution >= 4 is 29.6 Å². The third-order valence-corrected chi connectivity index (χ3v) is 11.1. The summed E-state index contributed by atoms with van der Waals surface area (Å²) < 4.78 is 18.6. The molecule has 2 atom stereocenters. The lowest BCUT2D eigenvalue weighted by Crippen LogP contribution is -3.10. The van der Waals surface area contributed by atoms with E-state index < -0.39 is 7.57 Å². The Labute approximate surface area is 222 Å². The van der Waals surface area contributed by atoms with E-state index in [0.29, 0.717) is 0 Å². The number of rotatable bonds is 5. The van der Waals surface area contributed by atoms with Gasteiger partial charge in [0.05, 0.1) is 12.2 Å². The summed E-state index contributed by atoms with van der Waals surface area (Å²) >= 11 is 0. The van der Waals surface area contributed by atoms with E-state index in [0.717, 1.165) is 23.7 Å². The minimum Gasteiger partial charge on any atom is -0.281 e. The molecule has 1 aliphatic rings. The highest BCUT2D eigenvalue weighted by Crippen LogP contribution is 2.63. The molecule has 1 N–H and O–H groups in total. The minimum absolute atomic E-state index is 0.363. The fraction of sp³-hybridized carbons (Fsp3) is 0.273. The van der Waals surface area contributed by atoms with Gasteiger partial charge in [-0.2, -0.15) is 0 Å². The van der Waals surface area contributed by atoms with Crippen molar-refractivity contribution in [1.82, 2.24) is 0 Å². The molecule has 2 nitrogen and oxygen atoms in total. The van der Waals surface area contributed by atoms with Crippen LogP contribution >= 0.6 is 7.57 Å². The molecule has 1 saturated heterocycles. The fourth-order valence-electron chi connectivity index (χ4n) is 6.61. The van der Waals surface area contributed by atoms with E-state index in [4.69, 9.17) is 0 Å². The van der Waals surface area contributed by atoms with E-state index in [1.54, 1.807) is 0 Å². The van der Waals surface area contributed by atoms with Crippen molar-refractivity contribution < 1.29 is 9.10 Å². The quantitative estimate of drug-likeness (QED) is 0.304. The minimum atomic E-state index is -3.38. The molecule has 4 aromatic carbocycles. The van der Waals surface area contributed by atoms with Crippen LogP contribution < -0.4 is 20.4 Å². The molecule has 1 heterocycles. The van der Waals surface area contributed by atoms with Crippen LogP contribution in [0.5, 0.6) is 0 Å². The molecule has 4 aromatic rings. The van der Waals surface area contributed by atoms with E-state index in [-0.39, 0.29) is 5.91 Å². The van der Waals surface area contributed by atoms with Gasteiger partial charge in [0, 0.05) is 11.1 Å². The van der Waals surface area contributed by atoms with Crippen LogP contribution in [-0.2, 0) is 0 Å². The van der Waals surface area contributed by atoms with Gasteiger partial charge in [0.15, 0.2) is 0 Å². The summed E-state index contributed by atoms with van der Waals surface area (Å²) in [5.74, 6) is -0.363. The lowest BCUT2D eigenvalue weighted by atomic mass is 10.0. The molecule has 0 radical (unpaired) electrons. The van der Waals surface area contributed by atoms with E-state index in [1.807, 2.05) is 60.7 Å². The molecule has 0 spiro atoms. The predicted molar refractivity (Wildman–Crippen MR) is 158 cm³/mol. The third-order valence-electron chi connectivity index (χ3n) is 7.75. The second-order valence-corrected chi connectivity index (χ2v) is 13.5. The first-order valence-electron chi connectivity index (χ1n) is 13.2. The highest BCUT2D eigenvalue weighted by Gasteiger charge is 2.65. The van der Waals surface area contributed by atoms with Gasteiger partial charge < -0.3 is 0 Å². The molecular weight excluding hydrogens is 474 g/mol. The molecule has 0 aliphatic carbocycles. The SMILES string of the molecule is Cc1cc(C)c(N2CC[NH+](c3c(C)cc(C)cc3C)C2[P+](F)(c2ccccc2)c2ccccc2)c(C)c1. The molecule has 1 aliphatic heterocycles. The Balaban J connectivity index is 1.81. The van der Waals surface area contributed by atoms with Crippen LogP contribution in [0.15, 0.2) is 84.9 Å². The number of aryl methyl sites for hydroxylation is 6. The summed E-state index contributed by atoms with van der Waals surface area (Å²) in [6.45, 7) is 14.7. The van der Waals surface area contributed by atoms with Gasteiger partial charge in [-0.05, 0) is 81.1 Å². The Hall–Kier alpha value is -3.00. The normalized spacial score (nSPS) is 17.9. The number of nitrogens with zero attached hydrogens (tertiary/aromatic N) is 1. The van der Waals surface area contributed by atoms with Crippen molar-refractivity contribution in [3.05, 3.63) is 118 Å². The average molecular weight is 513 g/mol. The van der Waals surface area contributed by atoms with Crippen molar-refractivity contribution in [2.24, 2.45) is 0 Å². The Bertz CT molecular complexity index is 1270. The smallest absolute Gasteiger partial charge is 0.281 e. The molecule has 4 heteroatoms. The van der Waals surface area contributed by atoms with Gasteiger partial charge in [0.1, 0.15) is 22.8 Å². The number of hydrogen-bond donors (Lipinski definition) is 1. The van der Waals surface area contributed by atoms with Crippen molar-refractivity contribution in [3.63, 3.8) is 0 Å². The highest BCUT2D eigenvalue weighted by molar-refractivity contribution is 7.85. The number of quaternary nitrogens is 1. The number of benzene rings is 4. The topological polar surface area (TPSA) is 7.68 Å². The lowest BCUT2D eigenvalue weighted by Gasteiger charge is -2.34. The number of hydrogen-bond acceptors (Lipinski definition) is 1. The number of anilines is 1. The molecule has 0 aromatic heterocycles. The van der Waals surface area contributed by atoms with E-state index in [1.165, 1.54) is 49.7 Å². The average Bonchev–Trinajstić information content (AvgIpc) is 3.28. The summed E-state index contributed by atoms with van der Waals surface area (Å²) in [4.78, 5) is 3.64. The van der Waals surface area contributed by atoms with Gasteiger partial charge in [-0.1, -0.05) is 71.8 Å². The van der Waals surface area contributed by atoms with Crippen molar-refractivity contribution in [3.8, 4) is 0 Å². The van der Waals surface area contributed by atoms with E-state index >= 15 is 4.20 Å². The van der Waals surface area contributed by atoms with Crippen LogP contribution in [0.4, 0.5) is 15.6 Å². The van der Waals surface area contributed by atoms with Gasteiger partial charge >= 0.3 is 13.5 Å². The zero-order valence-electron chi connectivity index (χ0n) is 22.8. The maximum absolute atomic E-state index is 18.6. The van der Waals surface area contributed by atoms with Crippen molar-refractivity contribution in [2.45, 2.75) is 47.4 Å². The first-order chi connectivity index (χ1) is 17.7. The molecule has 0 bridgehead atoms. The fourth-order valence-corrected chi connectivity index (χ4v) is 9.99. The number of halogens is 1. The molecule has 190 valence electrons. The monoisotopic (exact) mass is 512 g/mol. The first kappa shape index (κ1) is 25.6. The van der Waals surface area contributed by atoms with Crippen LogP contribution in [0, 0.1) is 41.5 Å². The molecule has 0 amide bonds. The second-order valence-electron chi connectivity index (χ2n) is 10.7. The van der Waals surface area contributed by atoms with E-state index in [9.17, 15) is 0 Å². The summed E-state index contributed by atoms with van der Waals surface area (Å²) in [5.41, 5.74) is 9.84.